The van der Waals surface area contributed by atoms with Crippen molar-refractivity contribution in [2.24, 2.45) is 0 Å². The maximum atomic E-state index is 5.60. The maximum Gasteiger partial charge on any atom is 0.124 e. The van der Waals surface area contributed by atoms with Gasteiger partial charge in [0.15, 0.2) is 0 Å². The van der Waals surface area contributed by atoms with E-state index in [0.717, 1.165) is 21.3 Å². The minimum Gasteiger partial charge on any atom is -0.497 e. The minimum atomic E-state index is 0.499. The van der Waals surface area contributed by atoms with E-state index in [1.165, 1.54) is 0 Å². The number of anilines is 1. The van der Waals surface area contributed by atoms with Gasteiger partial charge in [0.2, 0.25) is 0 Å². The molecule has 0 aliphatic rings. The van der Waals surface area contributed by atoms with Crippen LogP contribution in [0.5, 0.6) is 5.75 Å². The molecule has 0 unspecified atom stereocenters. The number of halogens is 1. The van der Waals surface area contributed by atoms with Crippen LogP contribution in [0.1, 0.15) is 0 Å². The summed E-state index contributed by atoms with van der Waals surface area (Å²) in [5.41, 5.74) is 7.63. The van der Waals surface area contributed by atoms with E-state index in [9.17, 15) is 0 Å². The van der Waals surface area contributed by atoms with E-state index in [0.29, 0.717) is 5.82 Å². The second kappa shape index (κ2) is 4.53. The van der Waals surface area contributed by atoms with Gasteiger partial charge in [0, 0.05) is 16.2 Å². The fourth-order valence-corrected chi connectivity index (χ4v) is 2.01. The van der Waals surface area contributed by atoms with Gasteiger partial charge < -0.3 is 10.5 Å². The zero-order valence-corrected chi connectivity index (χ0v) is 10.4. The molecule has 2 rings (SSSR count). The summed E-state index contributed by atoms with van der Waals surface area (Å²) in [6.07, 6.45) is 1.74. The molecule has 0 spiro atoms. The summed E-state index contributed by atoms with van der Waals surface area (Å²) in [6.45, 7) is 0. The highest BCUT2D eigenvalue weighted by molar-refractivity contribution is 9.10. The summed E-state index contributed by atoms with van der Waals surface area (Å²) in [4.78, 5) is 4.08. The fourth-order valence-electron chi connectivity index (χ4n) is 1.45. The van der Waals surface area contributed by atoms with Crippen molar-refractivity contribution in [1.82, 2.24) is 4.98 Å². The molecule has 16 heavy (non-hydrogen) atoms. The number of hydrogen-bond donors (Lipinski definition) is 1. The van der Waals surface area contributed by atoms with Crippen molar-refractivity contribution < 1.29 is 4.74 Å². The Balaban J connectivity index is 2.49. The van der Waals surface area contributed by atoms with Crippen molar-refractivity contribution in [1.29, 1.82) is 0 Å². The highest BCUT2D eigenvalue weighted by Crippen LogP contribution is 2.30. The Kier molecular flexibility index (Phi) is 3.10. The quantitative estimate of drug-likeness (QED) is 0.918. The molecule has 0 saturated carbocycles. The van der Waals surface area contributed by atoms with Crippen molar-refractivity contribution >= 4 is 21.7 Å². The van der Waals surface area contributed by atoms with Crippen LogP contribution in [-0.4, -0.2) is 12.1 Å². The smallest absolute Gasteiger partial charge is 0.124 e. The molecule has 3 nitrogen and oxygen atoms in total. The van der Waals surface area contributed by atoms with Crippen LogP contribution in [0.4, 0.5) is 5.82 Å². The number of nitrogens with two attached hydrogens (primary N) is 1. The molecule has 0 bridgehead atoms. The van der Waals surface area contributed by atoms with Gasteiger partial charge in [0.1, 0.15) is 11.6 Å². The summed E-state index contributed by atoms with van der Waals surface area (Å²) in [6, 6.07) is 9.59. The summed E-state index contributed by atoms with van der Waals surface area (Å²) in [7, 11) is 1.65. The molecule has 4 heteroatoms. The van der Waals surface area contributed by atoms with E-state index in [1.807, 2.05) is 24.3 Å². The lowest BCUT2D eigenvalue weighted by Crippen LogP contribution is -1.91. The molecule has 1 aromatic carbocycles. The van der Waals surface area contributed by atoms with Gasteiger partial charge in [-0.15, -0.1) is 0 Å². The Labute approximate surface area is 102 Å². The number of aromatic nitrogens is 1. The first-order valence-corrected chi connectivity index (χ1v) is 5.55. The fraction of sp³-hybridized carbons (Fsp3) is 0.0833. The van der Waals surface area contributed by atoms with Gasteiger partial charge in [-0.1, -0.05) is 12.1 Å². The lowest BCUT2D eigenvalue weighted by atomic mass is 10.1. The molecule has 2 N–H and O–H groups in total. The molecule has 0 aliphatic heterocycles. The highest BCUT2D eigenvalue weighted by atomic mass is 79.9. The lowest BCUT2D eigenvalue weighted by molar-refractivity contribution is 0.415. The van der Waals surface area contributed by atoms with Crippen molar-refractivity contribution in [3.63, 3.8) is 0 Å². The largest absolute Gasteiger partial charge is 0.497 e. The van der Waals surface area contributed by atoms with Gasteiger partial charge in [-0.2, -0.15) is 0 Å². The first-order chi connectivity index (χ1) is 7.70. The zero-order valence-electron chi connectivity index (χ0n) is 8.77. The standard InChI is InChI=1S/C12H11BrN2O/c1-16-9-4-2-3-8(5-9)10-7-15-12(14)6-11(10)13/h2-7H,1H3,(H2,14,15). The monoisotopic (exact) mass is 278 g/mol. The molecule has 82 valence electrons. The number of methoxy groups -OCH3 is 1. The van der Waals surface area contributed by atoms with E-state index in [1.54, 1.807) is 19.4 Å². The molecular formula is C12H11BrN2O. The molecule has 1 heterocycles. The van der Waals surface area contributed by atoms with Crippen LogP contribution in [0, 0.1) is 0 Å². The van der Waals surface area contributed by atoms with Crippen LogP contribution in [0.2, 0.25) is 0 Å². The second-order valence-corrected chi connectivity index (χ2v) is 4.18. The Bertz CT molecular complexity index is 514. The first kappa shape index (κ1) is 11.0. The van der Waals surface area contributed by atoms with Gasteiger partial charge in [-0.3, -0.25) is 0 Å². The van der Waals surface area contributed by atoms with Crippen molar-refractivity contribution in [2.45, 2.75) is 0 Å². The van der Waals surface area contributed by atoms with Gasteiger partial charge in [0.05, 0.1) is 7.11 Å². The van der Waals surface area contributed by atoms with Crippen LogP contribution < -0.4 is 10.5 Å². The molecule has 0 fully saturated rings. The van der Waals surface area contributed by atoms with Crippen molar-refractivity contribution in [2.75, 3.05) is 12.8 Å². The Morgan fingerprint density at radius 1 is 1.31 bits per heavy atom. The molecular weight excluding hydrogens is 268 g/mol. The second-order valence-electron chi connectivity index (χ2n) is 3.32. The van der Waals surface area contributed by atoms with Crippen LogP contribution in [0.3, 0.4) is 0 Å². The number of rotatable bonds is 2. The Hall–Kier alpha value is -1.55. The van der Waals surface area contributed by atoms with Crippen LogP contribution in [-0.2, 0) is 0 Å². The third kappa shape index (κ3) is 2.17. The van der Waals surface area contributed by atoms with Gasteiger partial charge >= 0.3 is 0 Å². The molecule has 0 atom stereocenters. The predicted octanol–water partition coefficient (Wildman–Crippen LogP) is 3.10. The number of pyridine rings is 1. The van der Waals surface area contributed by atoms with Crippen LogP contribution >= 0.6 is 15.9 Å². The Morgan fingerprint density at radius 3 is 2.81 bits per heavy atom. The van der Waals surface area contributed by atoms with Gasteiger partial charge in [-0.05, 0) is 39.7 Å². The van der Waals surface area contributed by atoms with E-state index in [4.69, 9.17) is 10.5 Å². The maximum absolute atomic E-state index is 5.60. The summed E-state index contributed by atoms with van der Waals surface area (Å²) >= 11 is 3.47. The summed E-state index contributed by atoms with van der Waals surface area (Å²) < 4.78 is 6.10. The lowest BCUT2D eigenvalue weighted by Gasteiger charge is -2.06. The van der Waals surface area contributed by atoms with Gasteiger partial charge in [0.25, 0.3) is 0 Å². The minimum absolute atomic E-state index is 0.499. The zero-order chi connectivity index (χ0) is 11.5. The first-order valence-electron chi connectivity index (χ1n) is 4.76. The molecule has 0 saturated heterocycles. The molecule has 0 radical (unpaired) electrons. The number of hydrogen-bond acceptors (Lipinski definition) is 3. The van der Waals surface area contributed by atoms with Crippen molar-refractivity contribution in [3.05, 3.63) is 41.0 Å². The topological polar surface area (TPSA) is 48.1 Å². The SMILES string of the molecule is COc1cccc(-c2cnc(N)cc2Br)c1. The molecule has 1 aromatic heterocycles. The third-order valence-corrected chi connectivity index (χ3v) is 2.91. The predicted molar refractivity (Wildman–Crippen MR) is 68.3 cm³/mol. The summed E-state index contributed by atoms with van der Waals surface area (Å²) in [5.74, 6) is 1.32. The van der Waals surface area contributed by atoms with Crippen LogP contribution in [0.25, 0.3) is 11.1 Å². The van der Waals surface area contributed by atoms with E-state index in [2.05, 4.69) is 20.9 Å². The average Bonchev–Trinajstić information content (AvgIpc) is 2.29. The van der Waals surface area contributed by atoms with E-state index >= 15 is 0 Å². The number of ether oxygens (including phenoxy) is 1. The van der Waals surface area contributed by atoms with Gasteiger partial charge in [-0.25, -0.2) is 4.98 Å². The third-order valence-electron chi connectivity index (χ3n) is 2.26. The molecule has 2 aromatic rings. The van der Waals surface area contributed by atoms with Crippen molar-refractivity contribution in [3.8, 4) is 16.9 Å². The van der Waals surface area contributed by atoms with E-state index in [-0.39, 0.29) is 0 Å². The number of nitrogens with zero attached hydrogens (tertiary/aromatic N) is 1. The highest BCUT2D eigenvalue weighted by Gasteiger charge is 2.05. The Morgan fingerprint density at radius 2 is 2.12 bits per heavy atom. The normalized spacial score (nSPS) is 10.1. The van der Waals surface area contributed by atoms with E-state index < -0.39 is 0 Å². The number of nitrogen functional groups attached to an aromatic ring is 1. The molecule has 0 aliphatic carbocycles. The average molecular weight is 279 g/mol. The molecule has 0 amide bonds. The summed E-state index contributed by atoms with van der Waals surface area (Å²) in [5, 5.41) is 0. The van der Waals surface area contributed by atoms with Crippen LogP contribution in [0.15, 0.2) is 41.0 Å². The number of benzene rings is 1.